The first-order valence-corrected chi connectivity index (χ1v) is 6.50. The highest BCUT2D eigenvalue weighted by atomic mass is 32.1. The second kappa shape index (κ2) is 5.75. The number of esters is 1. The molecule has 0 fully saturated rings. The number of aryl methyl sites for hydroxylation is 1. The number of nitrogens with zero attached hydrogens (tertiary/aromatic N) is 4. The number of hydrogen-bond donors (Lipinski definition) is 0. The van der Waals surface area contributed by atoms with E-state index in [0.717, 1.165) is 10.7 Å². The van der Waals surface area contributed by atoms with Crippen LogP contribution in [0.4, 0.5) is 5.82 Å². The maximum Gasteiger partial charge on any atom is 0.358 e. The highest BCUT2D eigenvalue weighted by molar-refractivity contribution is 7.09. The molecule has 2 rings (SSSR count). The second-order valence-corrected chi connectivity index (χ2v) is 5.03. The van der Waals surface area contributed by atoms with Gasteiger partial charge in [0, 0.05) is 12.4 Å². The van der Waals surface area contributed by atoms with Gasteiger partial charge < -0.3 is 9.64 Å². The van der Waals surface area contributed by atoms with Crippen LogP contribution in [0.1, 0.15) is 21.2 Å². The lowest BCUT2D eigenvalue weighted by atomic mass is 10.4. The van der Waals surface area contributed by atoms with Gasteiger partial charge >= 0.3 is 5.97 Å². The van der Waals surface area contributed by atoms with Crippen LogP contribution in [0.2, 0.25) is 0 Å². The van der Waals surface area contributed by atoms with Crippen LogP contribution >= 0.6 is 11.3 Å². The van der Waals surface area contributed by atoms with Crippen molar-refractivity contribution in [2.75, 3.05) is 19.1 Å². The predicted molar refractivity (Wildman–Crippen MR) is 72.3 cm³/mol. The fourth-order valence-electron chi connectivity index (χ4n) is 1.55. The summed E-state index contributed by atoms with van der Waals surface area (Å²) in [5.74, 6) is 0.112. The van der Waals surface area contributed by atoms with Crippen molar-refractivity contribution in [3.05, 3.63) is 34.2 Å². The lowest BCUT2D eigenvalue weighted by molar-refractivity contribution is 0.0593. The summed E-state index contributed by atoms with van der Waals surface area (Å²) in [6.45, 7) is 2.58. The average molecular weight is 278 g/mol. The molecule has 100 valence electrons. The van der Waals surface area contributed by atoms with Gasteiger partial charge in [0.2, 0.25) is 0 Å². The molecule has 0 radical (unpaired) electrons. The molecule has 2 aromatic rings. The Balaban J connectivity index is 2.14. The van der Waals surface area contributed by atoms with E-state index in [1.807, 2.05) is 24.3 Å². The van der Waals surface area contributed by atoms with Crippen LogP contribution in [-0.4, -0.2) is 35.1 Å². The number of rotatable bonds is 4. The van der Waals surface area contributed by atoms with E-state index in [2.05, 4.69) is 19.7 Å². The van der Waals surface area contributed by atoms with Crippen LogP contribution in [0.5, 0.6) is 0 Å². The normalized spacial score (nSPS) is 10.3. The fourth-order valence-corrected chi connectivity index (χ4v) is 2.15. The van der Waals surface area contributed by atoms with Crippen molar-refractivity contribution in [2.24, 2.45) is 0 Å². The first kappa shape index (κ1) is 13.4. The molecule has 0 aliphatic heterocycles. The summed E-state index contributed by atoms with van der Waals surface area (Å²) >= 11 is 1.61. The van der Waals surface area contributed by atoms with Crippen LogP contribution in [0, 0.1) is 6.92 Å². The minimum atomic E-state index is -0.493. The van der Waals surface area contributed by atoms with Crippen molar-refractivity contribution >= 4 is 23.1 Å². The Hall–Kier alpha value is -2.02. The number of aromatic nitrogens is 3. The van der Waals surface area contributed by atoms with E-state index in [0.29, 0.717) is 12.4 Å². The standard InChI is InChI=1S/C12H14N4O2S/c1-8-14-9(7-19-8)6-16(2)11-5-13-4-10(15-11)12(17)18-3/h4-5,7H,6H2,1-3H3. The Bertz CT molecular complexity index is 585. The van der Waals surface area contributed by atoms with E-state index in [1.165, 1.54) is 13.3 Å². The van der Waals surface area contributed by atoms with Crippen molar-refractivity contribution in [3.63, 3.8) is 0 Å². The number of thiazole rings is 1. The van der Waals surface area contributed by atoms with Crippen LogP contribution in [0.15, 0.2) is 17.8 Å². The lowest BCUT2D eigenvalue weighted by Crippen LogP contribution is -2.19. The van der Waals surface area contributed by atoms with Crippen molar-refractivity contribution in [2.45, 2.75) is 13.5 Å². The molecule has 0 bridgehead atoms. The van der Waals surface area contributed by atoms with E-state index < -0.39 is 5.97 Å². The van der Waals surface area contributed by atoms with Gasteiger partial charge in [0.25, 0.3) is 0 Å². The molecule has 6 nitrogen and oxygen atoms in total. The van der Waals surface area contributed by atoms with Gasteiger partial charge in [-0.1, -0.05) is 0 Å². The molecule has 0 unspecified atom stereocenters. The van der Waals surface area contributed by atoms with Crippen LogP contribution in [-0.2, 0) is 11.3 Å². The maximum absolute atomic E-state index is 11.4. The molecule has 0 amide bonds. The van der Waals surface area contributed by atoms with Crippen molar-refractivity contribution in [3.8, 4) is 0 Å². The number of methoxy groups -OCH3 is 1. The van der Waals surface area contributed by atoms with E-state index in [9.17, 15) is 4.79 Å². The molecule has 0 N–H and O–H groups in total. The van der Waals surface area contributed by atoms with Gasteiger partial charge in [0.15, 0.2) is 5.69 Å². The molecular weight excluding hydrogens is 264 g/mol. The van der Waals surface area contributed by atoms with Gasteiger partial charge in [0.1, 0.15) is 5.82 Å². The van der Waals surface area contributed by atoms with Gasteiger partial charge in [-0.25, -0.2) is 14.8 Å². The van der Waals surface area contributed by atoms with Gasteiger partial charge in [-0.2, -0.15) is 0 Å². The van der Waals surface area contributed by atoms with Crippen molar-refractivity contribution in [1.82, 2.24) is 15.0 Å². The molecule has 0 atom stereocenters. The number of hydrogen-bond acceptors (Lipinski definition) is 7. The summed E-state index contributed by atoms with van der Waals surface area (Å²) in [5, 5.41) is 3.03. The van der Waals surface area contributed by atoms with Gasteiger partial charge in [-0.15, -0.1) is 11.3 Å². The molecule has 2 heterocycles. The first-order chi connectivity index (χ1) is 9.10. The predicted octanol–water partition coefficient (Wildman–Crippen LogP) is 1.66. The summed E-state index contributed by atoms with van der Waals surface area (Å²) in [4.78, 5) is 25.9. The third-order valence-electron chi connectivity index (χ3n) is 2.47. The van der Waals surface area contributed by atoms with Gasteiger partial charge in [-0.05, 0) is 6.92 Å². The zero-order chi connectivity index (χ0) is 13.8. The Morgan fingerprint density at radius 3 is 2.84 bits per heavy atom. The van der Waals surface area contributed by atoms with Gasteiger partial charge in [0.05, 0.1) is 36.7 Å². The largest absolute Gasteiger partial charge is 0.464 e. The molecule has 0 spiro atoms. The first-order valence-electron chi connectivity index (χ1n) is 5.62. The van der Waals surface area contributed by atoms with Crippen molar-refractivity contribution < 1.29 is 9.53 Å². The summed E-state index contributed by atoms with van der Waals surface area (Å²) in [7, 11) is 3.19. The monoisotopic (exact) mass is 278 g/mol. The molecular formula is C12H14N4O2S. The molecule has 0 aliphatic rings. The average Bonchev–Trinajstić information content (AvgIpc) is 2.83. The minimum absolute atomic E-state index is 0.196. The van der Waals surface area contributed by atoms with E-state index >= 15 is 0 Å². The zero-order valence-electron chi connectivity index (χ0n) is 11.0. The van der Waals surface area contributed by atoms with E-state index in [1.54, 1.807) is 17.5 Å². The topological polar surface area (TPSA) is 68.2 Å². The second-order valence-electron chi connectivity index (χ2n) is 3.97. The number of carbonyl (C=O) groups excluding carboxylic acids is 1. The third kappa shape index (κ3) is 3.25. The molecule has 7 heteroatoms. The SMILES string of the molecule is COC(=O)c1cncc(N(C)Cc2csc(C)n2)n1. The highest BCUT2D eigenvalue weighted by Crippen LogP contribution is 2.14. The summed E-state index contributed by atoms with van der Waals surface area (Å²) in [5.41, 5.74) is 1.16. The molecule has 19 heavy (non-hydrogen) atoms. The van der Waals surface area contributed by atoms with E-state index in [4.69, 9.17) is 0 Å². The summed E-state index contributed by atoms with van der Waals surface area (Å²) < 4.78 is 4.62. The lowest BCUT2D eigenvalue weighted by Gasteiger charge is -2.16. The molecule has 0 saturated carbocycles. The fraction of sp³-hybridized carbons (Fsp3) is 0.333. The van der Waals surface area contributed by atoms with Crippen LogP contribution in [0.3, 0.4) is 0 Å². The number of anilines is 1. The quantitative estimate of drug-likeness (QED) is 0.792. The minimum Gasteiger partial charge on any atom is -0.464 e. The Kier molecular flexibility index (Phi) is 4.06. The zero-order valence-corrected chi connectivity index (χ0v) is 11.8. The van der Waals surface area contributed by atoms with Crippen LogP contribution in [0.25, 0.3) is 0 Å². The Morgan fingerprint density at radius 2 is 2.21 bits per heavy atom. The molecule has 2 aromatic heterocycles. The Morgan fingerprint density at radius 1 is 1.42 bits per heavy atom. The smallest absolute Gasteiger partial charge is 0.358 e. The maximum atomic E-state index is 11.4. The molecule has 0 aromatic carbocycles. The number of carbonyl (C=O) groups is 1. The van der Waals surface area contributed by atoms with E-state index in [-0.39, 0.29) is 5.69 Å². The van der Waals surface area contributed by atoms with Gasteiger partial charge in [-0.3, -0.25) is 4.98 Å². The summed E-state index contributed by atoms with van der Waals surface area (Å²) in [6.07, 6.45) is 2.99. The highest BCUT2D eigenvalue weighted by Gasteiger charge is 2.11. The third-order valence-corrected chi connectivity index (χ3v) is 3.30. The molecule has 0 aliphatic carbocycles. The molecule has 0 saturated heterocycles. The number of ether oxygens (including phenoxy) is 1. The Labute approximate surface area is 115 Å². The van der Waals surface area contributed by atoms with Crippen molar-refractivity contribution in [1.29, 1.82) is 0 Å². The summed E-state index contributed by atoms with van der Waals surface area (Å²) in [6, 6.07) is 0. The van der Waals surface area contributed by atoms with Crippen LogP contribution < -0.4 is 4.90 Å².